The van der Waals surface area contributed by atoms with E-state index in [0.29, 0.717) is 18.0 Å². The Morgan fingerprint density at radius 3 is 2.78 bits per heavy atom. The third-order valence-corrected chi connectivity index (χ3v) is 4.09. The Bertz CT molecular complexity index is 460. The number of hydrogen-bond acceptors (Lipinski definition) is 2. The first kappa shape index (κ1) is 13.7. The largest absolute Gasteiger partial charge is 0.507 e. The van der Waals surface area contributed by atoms with Crippen LogP contribution in [0.15, 0.2) is 22.7 Å². The average molecular weight is 333 g/mol. The molecule has 1 amide bonds. The number of amides is 1. The molecule has 2 rings (SSSR count). The van der Waals surface area contributed by atoms with Crippen LogP contribution in [-0.2, 0) is 0 Å². The van der Waals surface area contributed by atoms with E-state index in [0.717, 1.165) is 23.7 Å². The third-order valence-electron chi connectivity index (χ3n) is 3.41. The summed E-state index contributed by atoms with van der Waals surface area (Å²) in [5.74, 6) is 0.379. The van der Waals surface area contributed by atoms with Gasteiger partial charge >= 0.3 is 0 Å². The molecule has 0 aromatic heterocycles. The van der Waals surface area contributed by atoms with Crippen molar-refractivity contribution in [1.29, 1.82) is 0 Å². The summed E-state index contributed by atoms with van der Waals surface area (Å²) < 4.78 is 0.748. The van der Waals surface area contributed by atoms with Crippen molar-refractivity contribution in [2.75, 3.05) is 12.4 Å². The van der Waals surface area contributed by atoms with Gasteiger partial charge in [0.05, 0.1) is 5.56 Å². The van der Waals surface area contributed by atoms with Crippen LogP contribution in [0.4, 0.5) is 0 Å². The zero-order chi connectivity index (χ0) is 13.2. The molecule has 3 nitrogen and oxygen atoms in total. The zero-order valence-electron chi connectivity index (χ0n) is 9.88. The molecule has 1 aliphatic rings. The second kappa shape index (κ2) is 5.49. The highest BCUT2D eigenvalue weighted by Crippen LogP contribution is 2.48. The lowest BCUT2D eigenvalue weighted by molar-refractivity contribution is 0.0941. The summed E-state index contributed by atoms with van der Waals surface area (Å²) in [6.45, 7) is 0.633. The monoisotopic (exact) mass is 331 g/mol. The van der Waals surface area contributed by atoms with Crippen LogP contribution in [0.3, 0.4) is 0 Å². The SMILES string of the molecule is O=C(NCC1(CCCl)CC1)c1ccc(Br)cc1O. The molecule has 1 aromatic carbocycles. The molecule has 1 fully saturated rings. The summed E-state index contributed by atoms with van der Waals surface area (Å²) >= 11 is 8.98. The molecule has 0 radical (unpaired) electrons. The van der Waals surface area contributed by atoms with E-state index in [1.807, 2.05) is 0 Å². The van der Waals surface area contributed by atoms with E-state index < -0.39 is 0 Å². The Hall–Kier alpha value is -0.740. The van der Waals surface area contributed by atoms with E-state index in [2.05, 4.69) is 21.2 Å². The topological polar surface area (TPSA) is 49.3 Å². The minimum Gasteiger partial charge on any atom is -0.507 e. The fraction of sp³-hybridized carbons (Fsp3) is 0.462. The summed E-state index contributed by atoms with van der Waals surface area (Å²) in [7, 11) is 0. The van der Waals surface area contributed by atoms with Crippen LogP contribution in [0.2, 0.25) is 0 Å². The van der Waals surface area contributed by atoms with Gasteiger partial charge in [-0.05, 0) is 42.9 Å². The molecule has 1 saturated carbocycles. The van der Waals surface area contributed by atoms with Gasteiger partial charge in [-0.15, -0.1) is 11.6 Å². The van der Waals surface area contributed by atoms with Crippen LogP contribution in [0.5, 0.6) is 5.75 Å². The Labute approximate surface area is 120 Å². The number of nitrogens with one attached hydrogen (secondary N) is 1. The molecule has 98 valence electrons. The molecule has 0 atom stereocenters. The highest BCUT2D eigenvalue weighted by atomic mass is 79.9. The predicted molar refractivity (Wildman–Crippen MR) is 75.1 cm³/mol. The second-order valence-electron chi connectivity index (χ2n) is 4.78. The Kier molecular flexibility index (Phi) is 4.17. The van der Waals surface area contributed by atoms with Gasteiger partial charge in [-0.1, -0.05) is 15.9 Å². The van der Waals surface area contributed by atoms with Gasteiger partial charge in [0.25, 0.3) is 5.91 Å². The van der Waals surface area contributed by atoms with Crippen molar-refractivity contribution in [3.8, 4) is 5.75 Å². The van der Waals surface area contributed by atoms with Gasteiger partial charge in [-0.3, -0.25) is 4.79 Å². The molecule has 0 saturated heterocycles. The average Bonchev–Trinajstić information content (AvgIpc) is 3.07. The maximum absolute atomic E-state index is 11.9. The van der Waals surface area contributed by atoms with Crippen molar-refractivity contribution < 1.29 is 9.90 Å². The number of alkyl halides is 1. The fourth-order valence-electron chi connectivity index (χ4n) is 1.95. The normalized spacial score (nSPS) is 16.3. The van der Waals surface area contributed by atoms with E-state index in [1.165, 1.54) is 6.07 Å². The summed E-state index contributed by atoms with van der Waals surface area (Å²) in [5.41, 5.74) is 0.502. The third kappa shape index (κ3) is 3.18. The highest BCUT2D eigenvalue weighted by Gasteiger charge is 2.41. The van der Waals surface area contributed by atoms with Crippen LogP contribution in [0, 0.1) is 5.41 Å². The maximum Gasteiger partial charge on any atom is 0.255 e. The van der Waals surface area contributed by atoms with E-state index in [-0.39, 0.29) is 17.1 Å². The highest BCUT2D eigenvalue weighted by molar-refractivity contribution is 9.10. The Morgan fingerprint density at radius 1 is 1.50 bits per heavy atom. The Morgan fingerprint density at radius 2 is 2.22 bits per heavy atom. The van der Waals surface area contributed by atoms with Crippen molar-refractivity contribution >= 4 is 33.4 Å². The molecule has 1 aromatic rings. The van der Waals surface area contributed by atoms with Crippen LogP contribution in [0.1, 0.15) is 29.6 Å². The minimum absolute atomic E-state index is 0.0101. The molecule has 0 aliphatic heterocycles. The number of carbonyl (C=O) groups excluding carboxylic acids is 1. The first-order chi connectivity index (χ1) is 8.56. The quantitative estimate of drug-likeness (QED) is 0.813. The van der Waals surface area contributed by atoms with Gasteiger partial charge in [-0.2, -0.15) is 0 Å². The first-order valence-corrected chi connectivity index (χ1v) is 7.22. The summed E-state index contributed by atoms with van der Waals surface area (Å²) in [5, 5.41) is 12.6. The molecule has 5 heteroatoms. The number of hydrogen-bond donors (Lipinski definition) is 2. The van der Waals surface area contributed by atoms with Crippen molar-refractivity contribution in [3.63, 3.8) is 0 Å². The van der Waals surface area contributed by atoms with Crippen LogP contribution < -0.4 is 5.32 Å². The van der Waals surface area contributed by atoms with E-state index in [9.17, 15) is 9.90 Å². The fourth-order valence-corrected chi connectivity index (χ4v) is 2.70. The molecule has 0 bridgehead atoms. The van der Waals surface area contributed by atoms with Crippen LogP contribution >= 0.6 is 27.5 Å². The van der Waals surface area contributed by atoms with Gasteiger partial charge in [0.2, 0.25) is 0 Å². The number of halogens is 2. The molecular weight excluding hydrogens is 318 g/mol. The van der Waals surface area contributed by atoms with Gasteiger partial charge < -0.3 is 10.4 Å². The molecule has 0 heterocycles. The molecule has 1 aliphatic carbocycles. The summed E-state index contributed by atoms with van der Waals surface area (Å²) in [4.78, 5) is 11.9. The van der Waals surface area contributed by atoms with Crippen molar-refractivity contribution in [1.82, 2.24) is 5.32 Å². The van der Waals surface area contributed by atoms with Crippen LogP contribution in [-0.4, -0.2) is 23.4 Å². The maximum atomic E-state index is 11.9. The number of phenolic OH excluding ortho intramolecular Hbond substituents is 1. The number of benzene rings is 1. The standard InChI is InChI=1S/C13H15BrClNO2/c14-9-1-2-10(11(17)7-9)12(18)16-8-13(3-4-13)5-6-15/h1-2,7,17H,3-6,8H2,(H,16,18). The van der Waals surface area contributed by atoms with Crippen LogP contribution in [0.25, 0.3) is 0 Å². The molecule has 18 heavy (non-hydrogen) atoms. The van der Waals surface area contributed by atoms with E-state index in [1.54, 1.807) is 12.1 Å². The Balaban J connectivity index is 1.96. The molecule has 0 unspecified atom stereocenters. The van der Waals surface area contributed by atoms with Crippen molar-refractivity contribution in [3.05, 3.63) is 28.2 Å². The van der Waals surface area contributed by atoms with Gasteiger partial charge in [0.1, 0.15) is 5.75 Å². The molecule has 2 N–H and O–H groups in total. The lowest BCUT2D eigenvalue weighted by Gasteiger charge is -2.14. The second-order valence-corrected chi connectivity index (χ2v) is 6.08. The summed E-state index contributed by atoms with van der Waals surface area (Å²) in [6.07, 6.45) is 3.17. The smallest absolute Gasteiger partial charge is 0.255 e. The lowest BCUT2D eigenvalue weighted by atomic mass is 10.0. The van der Waals surface area contributed by atoms with Crippen molar-refractivity contribution in [2.45, 2.75) is 19.3 Å². The zero-order valence-corrected chi connectivity index (χ0v) is 12.2. The predicted octanol–water partition coefficient (Wildman–Crippen LogP) is 3.29. The number of carbonyl (C=O) groups is 1. The summed E-state index contributed by atoms with van der Waals surface area (Å²) in [6, 6.07) is 4.86. The molecule has 0 spiro atoms. The molecular formula is C13H15BrClNO2. The van der Waals surface area contributed by atoms with Crippen molar-refractivity contribution in [2.24, 2.45) is 5.41 Å². The number of rotatable bonds is 5. The number of aromatic hydroxyl groups is 1. The van der Waals surface area contributed by atoms with Gasteiger partial charge in [0.15, 0.2) is 0 Å². The van der Waals surface area contributed by atoms with E-state index in [4.69, 9.17) is 11.6 Å². The first-order valence-electron chi connectivity index (χ1n) is 5.89. The van der Waals surface area contributed by atoms with Gasteiger partial charge in [0, 0.05) is 16.9 Å². The van der Waals surface area contributed by atoms with E-state index >= 15 is 0 Å². The minimum atomic E-state index is -0.235. The van der Waals surface area contributed by atoms with Gasteiger partial charge in [-0.25, -0.2) is 0 Å². The lowest BCUT2D eigenvalue weighted by Crippen LogP contribution is -2.30. The number of phenols is 1.